The molecule has 0 saturated carbocycles. The largest absolute Gasteiger partial charge is 0.479 e. The average molecular weight is 283 g/mol. The number of benzene rings is 1. The molecule has 0 amide bonds. The van der Waals surface area contributed by atoms with E-state index >= 15 is 0 Å². The van der Waals surface area contributed by atoms with Gasteiger partial charge in [0.1, 0.15) is 0 Å². The highest BCUT2D eigenvalue weighted by Gasteiger charge is 2.43. The molecule has 0 radical (unpaired) electrons. The maximum atomic E-state index is 11.1. The molecular weight excluding hydrogens is 272 g/mol. The van der Waals surface area contributed by atoms with Crippen molar-refractivity contribution in [3.8, 4) is 0 Å². The molecule has 0 spiro atoms. The van der Waals surface area contributed by atoms with Crippen molar-refractivity contribution in [3.63, 3.8) is 0 Å². The SMILES string of the molecule is NC(Cc1c[nH]c2cccc(Cl)c12)(C(=O)O)C(=O)O. The Bertz CT molecular complexity index is 651. The second-order valence-electron chi connectivity index (χ2n) is 4.23. The van der Waals surface area contributed by atoms with Crippen LogP contribution in [0.3, 0.4) is 0 Å². The van der Waals surface area contributed by atoms with E-state index in [0.29, 0.717) is 21.5 Å². The molecule has 6 nitrogen and oxygen atoms in total. The van der Waals surface area contributed by atoms with Gasteiger partial charge >= 0.3 is 11.9 Å². The van der Waals surface area contributed by atoms with Crippen molar-refractivity contribution in [1.82, 2.24) is 4.98 Å². The van der Waals surface area contributed by atoms with E-state index in [0.717, 1.165) is 0 Å². The lowest BCUT2D eigenvalue weighted by atomic mass is 9.92. The van der Waals surface area contributed by atoms with Crippen LogP contribution < -0.4 is 5.73 Å². The molecule has 0 aliphatic carbocycles. The van der Waals surface area contributed by atoms with E-state index in [4.69, 9.17) is 27.5 Å². The minimum absolute atomic E-state index is 0.360. The molecule has 0 unspecified atom stereocenters. The van der Waals surface area contributed by atoms with Gasteiger partial charge < -0.3 is 20.9 Å². The molecule has 2 rings (SSSR count). The quantitative estimate of drug-likeness (QED) is 0.629. The number of nitrogens with two attached hydrogens (primary N) is 1. The van der Waals surface area contributed by atoms with Crippen LogP contribution in [0, 0.1) is 0 Å². The van der Waals surface area contributed by atoms with Gasteiger partial charge in [-0.3, -0.25) is 0 Å². The zero-order valence-electron chi connectivity index (χ0n) is 9.68. The van der Waals surface area contributed by atoms with Gasteiger partial charge in [0.2, 0.25) is 5.54 Å². The molecule has 100 valence electrons. The Kier molecular flexibility index (Phi) is 3.21. The molecular formula is C12H11ClN2O4. The predicted octanol–water partition coefficient (Wildman–Crippen LogP) is 1.23. The molecule has 1 heterocycles. The number of rotatable bonds is 4. The predicted molar refractivity (Wildman–Crippen MR) is 69.2 cm³/mol. The summed E-state index contributed by atoms with van der Waals surface area (Å²) in [5.74, 6) is -3.19. The number of aliphatic carboxylic acids is 2. The van der Waals surface area contributed by atoms with Gasteiger partial charge in [0.25, 0.3) is 0 Å². The van der Waals surface area contributed by atoms with E-state index in [1.807, 2.05) is 0 Å². The van der Waals surface area contributed by atoms with Crippen LogP contribution in [0.5, 0.6) is 0 Å². The maximum Gasteiger partial charge on any atom is 0.335 e. The fraction of sp³-hybridized carbons (Fsp3) is 0.167. The van der Waals surface area contributed by atoms with Crippen molar-refractivity contribution in [3.05, 3.63) is 35.0 Å². The molecule has 2 aromatic rings. The van der Waals surface area contributed by atoms with Gasteiger partial charge in [-0.25, -0.2) is 9.59 Å². The Morgan fingerprint density at radius 3 is 2.53 bits per heavy atom. The smallest absolute Gasteiger partial charge is 0.335 e. The number of carbonyl (C=O) groups is 2. The van der Waals surface area contributed by atoms with Crippen molar-refractivity contribution < 1.29 is 19.8 Å². The third-order valence-corrected chi connectivity index (χ3v) is 3.28. The normalized spacial score (nSPS) is 11.7. The lowest BCUT2D eigenvalue weighted by Gasteiger charge is -2.19. The summed E-state index contributed by atoms with van der Waals surface area (Å²) >= 11 is 6.04. The highest BCUT2D eigenvalue weighted by molar-refractivity contribution is 6.35. The van der Waals surface area contributed by atoms with Crippen LogP contribution >= 0.6 is 11.6 Å². The Morgan fingerprint density at radius 1 is 1.32 bits per heavy atom. The third-order valence-electron chi connectivity index (χ3n) is 2.97. The van der Waals surface area contributed by atoms with Crippen LogP contribution in [0.4, 0.5) is 0 Å². The van der Waals surface area contributed by atoms with Crippen molar-refractivity contribution in [1.29, 1.82) is 0 Å². The molecule has 0 aliphatic heterocycles. The van der Waals surface area contributed by atoms with E-state index in [1.165, 1.54) is 6.20 Å². The Hall–Kier alpha value is -2.05. The number of fused-ring (bicyclic) bond motifs is 1. The van der Waals surface area contributed by atoms with Crippen molar-refractivity contribution in [2.45, 2.75) is 12.0 Å². The Labute approximate surface area is 112 Å². The summed E-state index contributed by atoms with van der Waals surface area (Å²) in [5, 5.41) is 19.0. The summed E-state index contributed by atoms with van der Waals surface area (Å²) < 4.78 is 0. The topological polar surface area (TPSA) is 116 Å². The van der Waals surface area contributed by atoms with Crippen LogP contribution in [-0.4, -0.2) is 32.7 Å². The number of carboxylic acid groups (broad SMARTS) is 2. The minimum atomic E-state index is -2.38. The number of H-pyrrole nitrogens is 1. The summed E-state index contributed by atoms with van der Waals surface area (Å²) in [6.07, 6.45) is 1.16. The fourth-order valence-electron chi connectivity index (χ4n) is 1.89. The van der Waals surface area contributed by atoms with E-state index in [9.17, 15) is 9.59 Å². The van der Waals surface area contributed by atoms with Gasteiger partial charge in [0.05, 0.1) is 5.02 Å². The number of halogens is 1. The molecule has 7 heteroatoms. The first-order chi connectivity index (χ1) is 8.86. The first-order valence-corrected chi connectivity index (χ1v) is 5.74. The summed E-state index contributed by atoms with van der Waals surface area (Å²) in [6, 6.07) is 5.13. The van der Waals surface area contributed by atoms with Crippen LogP contribution in [0.2, 0.25) is 5.02 Å². The highest BCUT2D eigenvalue weighted by Crippen LogP contribution is 2.28. The summed E-state index contributed by atoms with van der Waals surface area (Å²) in [6.45, 7) is 0. The van der Waals surface area contributed by atoms with Gasteiger partial charge in [0.15, 0.2) is 0 Å². The number of hydrogen-bond acceptors (Lipinski definition) is 3. The summed E-state index contributed by atoms with van der Waals surface area (Å²) in [7, 11) is 0. The van der Waals surface area contributed by atoms with Gasteiger partial charge in [-0.1, -0.05) is 17.7 Å². The molecule has 0 saturated heterocycles. The van der Waals surface area contributed by atoms with Crippen molar-refractivity contribution in [2.24, 2.45) is 5.73 Å². The zero-order chi connectivity index (χ0) is 14.2. The molecule has 0 fully saturated rings. The zero-order valence-corrected chi connectivity index (χ0v) is 10.4. The van der Waals surface area contributed by atoms with Crippen LogP contribution in [0.15, 0.2) is 24.4 Å². The molecule has 5 N–H and O–H groups in total. The first-order valence-electron chi connectivity index (χ1n) is 5.36. The number of aromatic amines is 1. The van der Waals surface area contributed by atoms with Gasteiger partial charge in [0, 0.05) is 23.5 Å². The van der Waals surface area contributed by atoms with Crippen molar-refractivity contribution >= 4 is 34.4 Å². The van der Waals surface area contributed by atoms with E-state index in [2.05, 4.69) is 4.98 Å². The number of carboxylic acids is 2. The molecule has 0 bridgehead atoms. The van der Waals surface area contributed by atoms with E-state index in [-0.39, 0.29) is 6.42 Å². The molecule has 19 heavy (non-hydrogen) atoms. The molecule has 0 aliphatic rings. The van der Waals surface area contributed by atoms with Crippen molar-refractivity contribution in [2.75, 3.05) is 0 Å². The average Bonchev–Trinajstić information content (AvgIpc) is 2.73. The second kappa shape index (κ2) is 4.56. The molecule has 1 aromatic carbocycles. The summed E-state index contributed by atoms with van der Waals surface area (Å²) in [5.41, 5.74) is 4.23. The first kappa shape index (κ1) is 13.4. The van der Waals surface area contributed by atoms with Gasteiger partial charge in [-0.05, 0) is 17.7 Å². The van der Waals surface area contributed by atoms with Crippen LogP contribution in [-0.2, 0) is 16.0 Å². The van der Waals surface area contributed by atoms with Gasteiger partial charge in [-0.15, -0.1) is 0 Å². The lowest BCUT2D eigenvalue weighted by Crippen LogP contribution is -2.56. The number of nitrogens with one attached hydrogen (secondary N) is 1. The standard InChI is InChI=1S/C12H11ClN2O4/c13-7-2-1-3-8-9(7)6(5-15-8)4-12(14,10(16)17)11(18)19/h1-3,5,15H,4,14H2,(H,16,17)(H,18,19). The monoisotopic (exact) mass is 282 g/mol. The maximum absolute atomic E-state index is 11.1. The summed E-state index contributed by atoms with van der Waals surface area (Å²) in [4.78, 5) is 25.0. The van der Waals surface area contributed by atoms with E-state index < -0.39 is 17.5 Å². The third kappa shape index (κ3) is 2.16. The Morgan fingerprint density at radius 2 is 1.95 bits per heavy atom. The fourth-order valence-corrected chi connectivity index (χ4v) is 2.19. The lowest BCUT2D eigenvalue weighted by molar-refractivity contribution is -0.156. The van der Waals surface area contributed by atoms with Crippen LogP contribution in [0.25, 0.3) is 10.9 Å². The van der Waals surface area contributed by atoms with Gasteiger partial charge in [-0.2, -0.15) is 0 Å². The molecule has 0 atom stereocenters. The number of hydrogen-bond donors (Lipinski definition) is 4. The van der Waals surface area contributed by atoms with Crippen LogP contribution in [0.1, 0.15) is 5.56 Å². The van der Waals surface area contributed by atoms with E-state index in [1.54, 1.807) is 18.2 Å². The highest BCUT2D eigenvalue weighted by atomic mass is 35.5. The second-order valence-corrected chi connectivity index (χ2v) is 4.64. The molecule has 1 aromatic heterocycles. The Balaban J connectivity index is 2.52. The minimum Gasteiger partial charge on any atom is -0.479 e. The number of aromatic nitrogens is 1.